The van der Waals surface area contributed by atoms with E-state index in [1.165, 1.54) is 16.7 Å². The summed E-state index contributed by atoms with van der Waals surface area (Å²) >= 11 is 0. The van der Waals surface area contributed by atoms with Crippen LogP contribution in [0.1, 0.15) is 22.3 Å². The zero-order chi connectivity index (χ0) is 9.14. The van der Waals surface area contributed by atoms with Gasteiger partial charge in [0.05, 0.1) is 0 Å². The predicted octanol–water partition coefficient (Wildman–Crippen LogP) is 1.88. The van der Waals surface area contributed by atoms with Crippen LogP contribution in [0.25, 0.3) is 0 Å². The second-order valence-corrected chi connectivity index (χ2v) is 3.04. The number of hydrogen-bond acceptors (Lipinski definition) is 1. The molecule has 0 saturated heterocycles. The lowest BCUT2D eigenvalue weighted by molar-refractivity contribution is 1.29. The van der Waals surface area contributed by atoms with Crippen molar-refractivity contribution >= 4 is 0 Å². The first-order valence-corrected chi connectivity index (χ1v) is 3.94. The molecule has 0 fully saturated rings. The van der Waals surface area contributed by atoms with Gasteiger partial charge in [0.25, 0.3) is 0 Å². The highest BCUT2D eigenvalue weighted by Crippen LogP contribution is 2.14. The Balaban J connectivity index is 3.34. The van der Waals surface area contributed by atoms with E-state index in [2.05, 4.69) is 44.9 Å². The highest BCUT2D eigenvalue weighted by atomic mass is 14.5. The molecule has 0 spiro atoms. The van der Waals surface area contributed by atoms with Crippen molar-refractivity contribution in [2.24, 2.45) is 5.73 Å². The summed E-state index contributed by atoms with van der Waals surface area (Å²) < 4.78 is 0. The van der Waals surface area contributed by atoms with Gasteiger partial charge in [-0.25, -0.2) is 0 Å². The van der Waals surface area contributed by atoms with Crippen molar-refractivity contribution in [3.63, 3.8) is 0 Å². The molecule has 0 heterocycles. The smallest absolute Gasteiger partial charge is 0.0322 e. The third-order valence-electron chi connectivity index (χ3n) is 1.87. The summed E-state index contributed by atoms with van der Waals surface area (Å²) in [5, 5.41) is 0. The molecular weight excluding hydrogens is 146 g/mol. The van der Waals surface area contributed by atoms with Gasteiger partial charge >= 0.3 is 0 Å². The molecule has 0 aliphatic heterocycles. The summed E-state index contributed by atoms with van der Waals surface area (Å²) in [6, 6.07) is 6.67. The lowest BCUT2D eigenvalue weighted by atomic mass is 10.0. The largest absolute Gasteiger partial charge is 0.359 e. The van der Waals surface area contributed by atoms with Gasteiger partial charge in [-0.05, 0) is 37.8 Å². The van der Waals surface area contributed by atoms with E-state index in [-0.39, 0.29) is 0 Å². The maximum absolute atomic E-state index is 5.18. The lowest BCUT2D eigenvalue weighted by Crippen LogP contribution is -1.90. The minimum absolute atomic E-state index is 1.06. The monoisotopic (exact) mass is 159 g/mol. The van der Waals surface area contributed by atoms with Crippen LogP contribution in [0.5, 0.6) is 0 Å². The van der Waals surface area contributed by atoms with Crippen molar-refractivity contribution in [3.05, 3.63) is 34.4 Å². The highest BCUT2D eigenvalue weighted by Gasteiger charge is 1.99. The number of aryl methyl sites for hydroxylation is 3. The molecular formula is C11H13N. The van der Waals surface area contributed by atoms with E-state index in [0.29, 0.717) is 0 Å². The molecule has 0 amide bonds. The van der Waals surface area contributed by atoms with E-state index >= 15 is 0 Å². The molecule has 1 heteroatoms. The van der Waals surface area contributed by atoms with Crippen LogP contribution in [0.3, 0.4) is 0 Å². The van der Waals surface area contributed by atoms with Gasteiger partial charge in [0.15, 0.2) is 0 Å². The molecule has 62 valence electrons. The van der Waals surface area contributed by atoms with Crippen LogP contribution in [-0.4, -0.2) is 0 Å². The van der Waals surface area contributed by atoms with Crippen molar-refractivity contribution in [3.8, 4) is 12.0 Å². The average Bonchev–Trinajstić information content (AvgIpc) is 1.96. The van der Waals surface area contributed by atoms with Gasteiger partial charge in [0, 0.05) is 11.6 Å². The van der Waals surface area contributed by atoms with E-state index < -0.39 is 0 Å². The van der Waals surface area contributed by atoms with Crippen LogP contribution < -0.4 is 5.73 Å². The average molecular weight is 159 g/mol. The third-order valence-corrected chi connectivity index (χ3v) is 1.87. The molecule has 2 N–H and O–H groups in total. The molecule has 0 saturated carbocycles. The van der Waals surface area contributed by atoms with Crippen LogP contribution >= 0.6 is 0 Å². The van der Waals surface area contributed by atoms with Crippen LogP contribution in [0.2, 0.25) is 0 Å². The summed E-state index contributed by atoms with van der Waals surface area (Å²) in [6.07, 6.45) is 0. The van der Waals surface area contributed by atoms with E-state index in [1.54, 1.807) is 0 Å². The fourth-order valence-electron chi connectivity index (χ4n) is 1.45. The molecule has 1 nitrogen and oxygen atoms in total. The van der Waals surface area contributed by atoms with Crippen molar-refractivity contribution < 1.29 is 0 Å². The normalized spacial score (nSPS) is 8.92. The summed E-state index contributed by atoms with van der Waals surface area (Å²) in [4.78, 5) is 0. The predicted molar refractivity (Wildman–Crippen MR) is 51.7 cm³/mol. The van der Waals surface area contributed by atoms with E-state index in [0.717, 1.165) is 5.56 Å². The molecule has 0 unspecified atom stereocenters. The maximum atomic E-state index is 5.18. The molecule has 0 atom stereocenters. The first kappa shape index (κ1) is 8.67. The zero-order valence-electron chi connectivity index (χ0n) is 7.73. The first-order valence-electron chi connectivity index (χ1n) is 3.94. The van der Waals surface area contributed by atoms with Gasteiger partial charge in [-0.3, -0.25) is 0 Å². The van der Waals surface area contributed by atoms with Gasteiger partial charge in [0.2, 0.25) is 0 Å². The Hall–Kier alpha value is -1.42. The summed E-state index contributed by atoms with van der Waals surface area (Å²) in [6.45, 7) is 6.19. The Kier molecular flexibility index (Phi) is 2.40. The second-order valence-electron chi connectivity index (χ2n) is 3.04. The molecule has 1 aromatic carbocycles. The van der Waals surface area contributed by atoms with Gasteiger partial charge in [-0.2, -0.15) is 0 Å². The molecule has 1 rings (SSSR count). The Bertz CT molecular complexity index is 330. The fraction of sp³-hybridized carbons (Fsp3) is 0.273. The molecule has 0 aliphatic carbocycles. The Morgan fingerprint density at radius 2 is 1.58 bits per heavy atom. The summed E-state index contributed by atoms with van der Waals surface area (Å²) in [7, 11) is 0. The highest BCUT2D eigenvalue weighted by molar-refractivity contribution is 5.47. The first-order chi connectivity index (χ1) is 5.65. The zero-order valence-corrected chi connectivity index (χ0v) is 7.73. The van der Waals surface area contributed by atoms with Gasteiger partial charge < -0.3 is 5.73 Å². The van der Waals surface area contributed by atoms with Crippen LogP contribution in [0, 0.1) is 32.7 Å². The number of benzene rings is 1. The van der Waals surface area contributed by atoms with Gasteiger partial charge in [-0.1, -0.05) is 17.7 Å². The van der Waals surface area contributed by atoms with Crippen molar-refractivity contribution in [1.29, 1.82) is 0 Å². The lowest BCUT2D eigenvalue weighted by Gasteiger charge is -2.04. The molecule has 1 aromatic rings. The third kappa shape index (κ3) is 1.60. The molecule has 0 bridgehead atoms. The number of rotatable bonds is 0. The molecule has 12 heavy (non-hydrogen) atoms. The van der Waals surface area contributed by atoms with Crippen LogP contribution in [0.4, 0.5) is 0 Å². The van der Waals surface area contributed by atoms with Crippen molar-refractivity contribution in [2.45, 2.75) is 20.8 Å². The fourth-order valence-corrected chi connectivity index (χ4v) is 1.45. The second kappa shape index (κ2) is 3.32. The van der Waals surface area contributed by atoms with Gasteiger partial charge in [0.1, 0.15) is 0 Å². The Labute approximate surface area is 73.6 Å². The topological polar surface area (TPSA) is 26.0 Å². The quantitative estimate of drug-likeness (QED) is 0.454. The number of hydrogen-bond donors (Lipinski definition) is 1. The van der Waals surface area contributed by atoms with Crippen molar-refractivity contribution in [1.82, 2.24) is 0 Å². The standard InChI is InChI=1S/C11H13N/c1-8-6-9(2)11(4-5-12)10(3)7-8/h6-7H,12H2,1-3H3. The summed E-state index contributed by atoms with van der Waals surface area (Å²) in [5.41, 5.74) is 9.90. The molecule has 0 radical (unpaired) electrons. The van der Waals surface area contributed by atoms with Crippen molar-refractivity contribution in [2.75, 3.05) is 0 Å². The van der Waals surface area contributed by atoms with E-state index in [9.17, 15) is 0 Å². The minimum atomic E-state index is 1.06. The minimum Gasteiger partial charge on any atom is -0.359 e. The van der Waals surface area contributed by atoms with Gasteiger partial charge in [-0.15, -0.1) is 0 Å². The summed E-state index contributed by atoms with van der Waals surface area (Å²) in [5.74, 6) is 2.90. The van der Waals surface area contributed by atoms with E-state index in [1.807, 2.05) is 0 Å². The van der Waals surface area contributed by atoms with E-state index in [4.69, 9.17) is 5.73 Å². The Morgan fingerprint density at radius 3 is 2.00 bits per heavy atom. The maximum Gasteiger partial charge on any atom is 0.0322 e. The van der Waals surface area contributed by atoms with Crippen LogP contribution in [0.15, 0.2) is 12.1 Å². The number of nitrogens with two attached hydrogens (primary N) is 1. The van der Waals surface area contributed by atoms with Crippen LogP contribution in [-0.2, 0) is 0 Å². The molecule has 0 aromatic heterocycles. The Morgan fingerprint density at radius 1 is 1.08 bits per heavy atom. The SMILES string of the molecule is Cc1cc(C)c(C#CN)c(C)c1. The molecule has 0 aliphatic rings.